The molecule has 0 saturated carbocycles. The zero-order valence-electron chi connectivity index (χ0n) is 11.7. The average molecular weight is 338 g/mol. The van der Waals surface area contributed by atoms with E-state index in [1.54, 1.807) is 0 Å². The maximum atomic E-state index is 11.0. The van der Waals surface area contributed by atoms with Crippen LogP contribution < -0.4 is 0 Å². The normalized spacial score (nSPS) is 39.4. The third kappa shape index (κ3) is 3.40. The fourth-order valence-electron chi connectivity index (χ4n) is 2.21. The van der Waals surface area contributed by atoms with Crippen LogP contribution in [0.15, 0.2) is 11.5 Å². The van der Waals surface area contributed by atoms with Crippen molar-refractivity contribution in [1.82, 2.24) is 0 Å². The van der Waals surface area contributed by atoms with E-state index in [1.165, 1.54) is 0 Å². The predicted octanol–water partition coefficient (Wildman–Crippen LogP) is -3.58. The highest BCUT2D eigenvalue weighted by Gasteiger charge is 2.45. The third-order valence-electron chi connectivity index (χ3n) is 3.57. The molecule has 0 radical (unpaired) electrons. The van der Waals surface area contributed by atoms with Crippen LogP contribution in [0.25, 0.3) is 0 Å². The van der Waals surface area contributed by atoms with Crippen molar-refractivity contribution in [2.75, 3.05) is 13.2 Å². The molecule has 2 heterocycles. The molecular weight excluding hydrogens is 320 g/mol. The summed E-state index contributed by atoms with van der Waals surface area (Å²) in [5.74, 6) is -3.10. The lowest BCUT2D eigenvalue weighted by Crippen LogP contribution is -2.59. The number of carbonyl (C=O) groups excluding carboxylic acids is 1. The minimum absolute atomic E-state index is 0.613. The molecule has 0 aliphatic carbocycles. The zero-order valence-corrected chi connectivity index (χ0v) is 11.7. The Morgan fingerprint density at radius 1 is 1.13 bits per heavy atom. The quantitative estimate of drug-likeness (QED) is 0.246. The van der Waals surface area contributed by atoms with E-state index >= 15 is 0 Å². The van der Waals surface area contributed by atoms with Gasteiger partial charge in [0.15, 0.2) is 18.2 Å². The van der Waals surface area contributed by atoms with Crippen LogP contribution in [0.3, 0.4) is 0 Å². The Kier molecular flexibility index (Phi) is 5.41. The number of esters is 1. The van der Waals surface area contributed by atoms with E-state index in [1.807, 2.05) is 0 Å². The molecule has 0 aromatic rings. The monoisotopic (exact) mass is 338 g/mol. The highest BCUT2D eigenvalue weighted by atomic mass is 16.7. The summed E-state index contributed by atoms with van der Waals surface area (Å²) in [5.41, 5.74) is 0. The lowest BCUT2D eigenvalue weighted by Gasteiger charge is -2.39. The number of hydrogen-bond donors (Lipinski definition) is 7. The smallest absolute Gasteiger partial charge is 0.377 e. The molecule has 132 valence electrons. The molecule has 7 N–H and O–H groups in total. The molecule has 11 heteroatoms. The van der Waals surface area contributed by atoms with E-state index in [0.717, 1.165) is 0 Å². The molecule has 7 atom stereocenters. The van der Waals surface area contributed by atoms with Gasteiger partial charge in [-0.25, -0.2) is 4.79 Å². The fraction of sp³-hybridized carbons (Fsp3) is 0.750. The maximum absolute atomic E-state index is 11.0. The molecule has 2 aliphatic heterocycles. The minimum Gasteiger partial charge on any atom is -0.505 e. The second-order valence-electron chi connectivity index (χ2n) is 5.16. The molecule has 0 aromatic heterocycles. The summed E-state index contributed by atoms with van der Waals surface area (Å²) in [6.07, 6.45) is -10.7. The van der Waals surface area contributed by atoms with Crippen molar-refractivity contribution in [3.8, 4) is 0 Å². The summed E-state index contributed by atoms with van der Waals surface area (Å²) in [6, 6.07) is 0. The molecule has 2 aliphatic rings. The molecule has 0 bridgehead atoms. The highest BCUT2D eigenvalue weighted by Crippen LogP contribution is 2.24. The van der Waals surface area contributed by atoms with Crippen molar-refractivity contribution in [2.45, 2.75) is 42.9 Å². The molecular formula is C12H18O11. The van der Waals surface area contributed by atoms with Crippen LogP contribution in [0.2, 0.25) is 0 Å². The van der Waals surface area contributed by atoms with Gasteiger partial charge in [0.1, 0.15) is 30.5 Å². The molecule has 2 rings (SSSR count). The van der Waals surface area contributed by atoms with Crippen molar-refractivity contribution in [2.24, 2.45) is 0 Å². The first-order valence-electron chi connectivity index (χ1n) is 6.71. The summed E-state index contributed by atoms with van der Waals surface area (Å²) < 4.78 is 14.6. The van der Waals surface area contributed by atoms with Gasteiger partial charge in [0.25, 0.3) is 0 Å². The standard InChI is InChI=1S/C12H18O11/c13-1-4-5(15)6(16)9(19)12(22-4)21-2-3(14)10-7(17)8(18)11(20)23-10/h3-6,9-10,12-19H,1-2H2/t3-,4+,5-,6-,9+,10+,12?/m0/s1. The van der Waals surface area contributed by atoms with E-state index in [2.05, 4.69) is 4.74 Å². The van der Waals surface area contributed by atoms with Crippen molar-refractivity contribution in [1.29, 1.82) is 0 Å². The zero-order chi connectivity index (χ0) is 17.3. The van der Waals surface area contributed by atoms with Gasteiger partial charge in [-0.05, 0) is 0 Å². The van der Waals surface area contributed by atoms with Crippen molar-refractivity contribution < 1.29 is 54.8 Å². The topological polar surface area (TPSA) is 186 Å². The van der Waals surface area contributed by atoms with E-state index < -0.39 is 73.6 Å². The van der Waals surface area contributed by atoms with E-state index in [9.17, 15) is 30.3 Å². The third-order valence-corrected chi connectivity index (χ3v) is 3.57. The summed E-state index contributed by atoms with van der Waals surface area (Å²) in [7, 11) is 0. The largest absolute Gasteiger partial charge is 0.505 e. The van der Waals surface area contributed by atoms with E-state index in [0.29, 0.717) is 0 Å². The van der Waals surface area contributed by atoms with Gasteiger partial charge < -0.3 is 50.0 Å². The van der Waals surface area contributed by atoms with Crippen molar-refractivity contribution in [3.05, 3.63) is 11.5 Å². The Hall–Kier alpha value is -1.47. The number of ether oxygens (including phenoxy) is 3. The van der Waals surface area contributed by atoms with Crippen LogP contribution in [-0.4, -0.2) is 97.8 Å². The van der Waals surface area contributed by atoms with Crippen molar-refractivity contribution in [3.63, 3.8) is 0 Å². The number of hydrogen-bond acceptors (Lipinski definition) is 11. The average Bonchev–Trinajstić information content (AvgIpc) is 2.79. The van der Waals surface area contributed by atoms with Gasteiger partial charge in [-0.3, -0.25) is 0 Å². The number of carbonyl (C=O) groups is 1. The van der Waals surface area contributed by atoms with Crippen LogP contribution in [0.4, 0.5) is 0 Å². The Bertz CT molecular complexity index is 476. The molecule has 0 amide bonds. The van der Waals surface area contributed by atoms with E-state index in [-0.39, 0.29) is 0 Å². The summed E-state index contributed by atoms with van der Waals surface area (Å²) in [6.45, 7) is -1.26. The number of aliphatic hydroxyl groups is 7. The van der Waals surface area contributed by atoms with Crippen LogP contribution in [0.5, 0.6) is 0 Å². The van der Waals surface area contributed by atoms with Gasteiger partial charge in [-0.1, -0.05) is 0 Å². The van der Waals surface area contributed by atoms with Crippen molar-refractivity contribution >= 4 is 5.97 Å². The Balaban J connectivity index is 1.94. The molecule has 1 fully saturated rings. The summed E-state index contributed by atoms with van der Waals surface area (Å²) in [5, 5.41) is 66.3. The first-order valence-corrected chi connectivity index (χ1v) is 6.71. The van der Waals surface area contributed by atoms with Gasteiger partial charge in [-0.2, -0.15) is 0 Å². The molecule has 1 unspecified atom stereocenters. The SMILES string of the molecule is O=C1O[C@H]([C@@H](O)COC2O[C@H](CO)[C@H](O)[C@H](O)[C@H]2O)C(O)=C1O. The first-order chi connectivity index (χ1) is 10.8. The van der Waals surface area contributed by atoms with Gasteiger partial charge in [-0.15, -0.1) is 0 Å². The maximum Gasteiger partial charge on any atom is 0.377 e. The highest BCUT2D eigenvalue weighted by molar-refractivity contribution is 5.89. The second kappa shape index (κ2) is 6.97. The van der Waals surface area contributed by atoms with Crippen LogP contribution in [0, 0.1) is 0 Å². The number of cyclic esters (lactones) is 1. The lowest BCUT2D eigenvalue weighted by molar-refractivity contribution is -0.305. The number of rotatable bonds is 5. The fourth-order valence-corrected chi connectivity index (χ4v) is 2.21. The molecule has 23 heavy (non-hydrogen) atoms. The van der Waals surface area contributed by atoms with Gasteiger partial charge in [0, 0.05) is 0 Å². The van der Waals surface area contributed by atoms with Crippen LogP contribution in [-0.2, 0) is 19.0 Å². The molecule has 1 saturated heterocycles. The minimum atomic E-state index is -1.66. The van der Waals surface area contributed by atoms with Crippen LogP contribution >= 0.6 is 0 Å². The molecule has 11 nitrogen and oxygen atoms in total. The molecule has 0 spiro atoms. The Morgan fingerprint density at radius 2 is 1.78 bits per heavy atom. The number of aliphatic hydroxyl groups excluding tert-OH is 7. The van der Waals surface area contributed by atoms with Gasteiger partial charge in [0.2, 0.25) is 5.76 Å². The van der Waals surface area contributed by atoms with Gasteiger partial charge >= 0.3 is 5.97 Å². The second-order valence-corrected chi connectivity index (χ2v) is 5.16. The first kappa shape index (κ1) is 17.9. The summed E-state index contributed by atoms with van der Waals surface area (Å²) in [4.78, 5) is 11.0. The predicted molar refractivity (Wildman–Crippen MR) is 67.9 cm³/mol. The lowest BCUT2D eigenvalue weighted by atomic mass is 9.99. The van der Waals surface area contributed by atoms with E-state index in [4.69, 9.17) is 19.7 Å². The Morgan fingerprint density at radius 3 is 2.30 bits per heavy atom. The van der Waals surface area contributed by atoms with Crippen LogP contribution in [0.1, 0.15) is 0 Å². The molecule has 0 aromatic carbocycles. The van der Waals surface area contributed by atoms with Gasteiger partial charge in [0.05, 0.1) is 13.2 Å². The summed E-state index contributed by atoms with van der Waals surface area (Å²) >= 11 is 0. The Labute approximate surface area is 129 Å².